The molecule has 3 rings (SSSR count). The van der Waals surface area contributed by atoms with Gasteiger partial charge < -0.3 is 30.6 Å². The fourth-order valence-electron chi connectivity index (χ4n) is 2.82. The standard InChI is InChI=1S/C20H22F2N4O4/c1-2-24-20(25-9-12-4-3-5-13(6-12)18(23)27)26-10-14-7-16-17(29-11-28-16)8-15(14)30-19(21)22/h3-8,19H,2,9-11H2,1H3,(H2,23,27)(H2,24,25,26). The summed E-state index contributed by atoms with van der Waals surface area (Å²) in [5, 5.41) is 6.15. The Balaban J connectivity index is 1.73. The molecule has 1 aliphatic rings. The first kappa shape index (κ1) is 21.2. The number of amides is 1. The molecule has 0 atom stereocenters. The topological polar surface area (TPSA) is 107 Å². The van der Waals surface area contributed by atoms with Gasteiger partial charge in [0.2, 0.25) is 12.7 Å². The molecule has 0 aromatic heterocycles. The molecule has 10 heteroatoms. The zero-order chi connectivity index (χ0) is 21.5. The van der Waals surface area contributed by atoms with E-state index >= 15 is 0 Å². The summed E-state index contributed by atoms with van der Waals surface area (Å²) < 4.78 is 40.7. The van der Waals surface area contributed by atoms with E-state index < -0.39 is 12.5 Å². The summed E-state index contributed by atoms with van der Waals surface area (Å²) in [7, 11) is 0. The number of nitrogens with one attached hydrogen (secondary N) is 2. The predicted octanol–water partition coefficient (Wildman–Crippen LogP) is 2.37. The number of carbonyl (C=O) groups excluding carboxylic acids is 1. The first-order valence-corrected chi connectivity index (χ1v) is 9.24. The van der Waals surface area contributed by atoms with Crippen molar-refractivity contribution in [3.63, 3.8) is 0 Å². The van der Waals surface area contributed by atoms with E-state index in [0.29, 0.717) is 35.1 Å². The Hall–Kier alpha value is -3.56. The number of benzene rings is 2. The van der Waals surface area contributed by atoms with Gasteiger partial charge in [0.15, 0.2) is 17.5 Å². The van der Waals surface area contributed by atoms with Crippen molar-refractivity contribution in [1.29, 1.82) is 0 Å². The third-order valence-electron chi connectivity index (χ3n) is 4.19. The number of aliphatic imine (C=N–C) groups is 1. The minimum Gasteiger partial charge on any atom is -0.454 e. The molecular weight excluding hydrogens is 398 g/mol. The highest BCUT2D eigenvalue weighted by Crippen LogP contribution is 2.38. The Morgan fingerprint density at radius 1 is 1.23 bits per heavy atom. The number of alkyl halides is 2. The van der Waals surface area contributed by atoms with Gasteiger partial charge in [-0.15, -0.1) is 0 Å². The van der Waals surface area contributed by atoms with E-state index in [1.54, 1.807) is 24.3 Å². The van der Waals surface area contributed by atoms with Crippen LogP contribution in [-0.4, -0.2) is 31.8 Å². The van der Waals surface area contributed by atoms with Crippen molar-refractivity contribution in [1.82, 2.24) is 10.6 Å². The molecule has 0 saturated carbocycles. The molecule has 1 aliphatic heterocycles. The largest absolute Gasteiger partial charge is 0.454 e. The van der Waals surface area contributed by atoms with Crippen molar-refractivity contribution >= 4 is 11.9 Å². The number of hydrogen-bond acceptors (Lipinski definition) is 5. The van der Waals surface area contributed by atoms with Gasteiger partial charge in [-0.2, -0.15) is 8.78 Å². The van der Waals surface area contributed by atoms with Gasteiger partial charge in [-0.25, -0.2) is 4.99 Å². The highest BCUT2D eigenvalue weighted by molar-refractivity contribution is 5.92. The van der Waals surface area contributed by atoms with Crippen LogP contribution in [0.5, 0.6) is 17.2 Å². The van der Waals surface area contributed by atoms with Crippen molar-refractivity contribution in [2.75, 3.05) is 13.3 Å². The van der Waals surface area contributed by atoms with Crippen LogP contribution in [0.2, 0.25) is 0 Å². The normalized spacial score (nSPS) is 12.7. The van der Waals surface area contributed by atoms with E-state index in [1.165, 1.54) is 6.07 Å². The Morgan fingerprint density at radius 2 is 2.00 bits per heavy atom. The van der Waals surface area contributed by atoms with Crippen molar-refractivity contribution in [3.8, 4) is 17.2 Å². The second-order valence-electron chi connectivity index (χ2n) is 6.31. The molecule has 0 saturated heterocycles. The lowest BCUT2D eigenvalue weighted by molar-refractivity contribution is -0.0505. The van der Waals surface area contributed by atoms with Crippen LogP contribution >= 0.6 is 0 Å². The molecule has 160 valence electrons. The van der Waals surface area contributed by atoms with Crippen LogP contribution in [0.1, 0.15) is 28.4 Å². The summed E-state index contributed by atoms with van der Waals surface area (Å²) in [6.07, 6.45) is 0. The van der Waals surface area contributed by atoms with Crippen LogP contribution in [-0.2, 0) is 13.1 Å². The van der Waals surface area contributed by atoms with Gasteiger partial charge in [-0.3, -0.25) is 4.79 Å². The highest BCUT2D eigenvalue weighted by atomic mass is 19.3. The summed E-state index contributed by atoms with van der Waals surface area (Å²) in [4.78, 5) is 15.8. The maximum atomic E-state index is 12.8. The Kier molecular flexibility index (Phi) is 6.89. The molecule has 1 heterocycles. The summed E-state index contributed by atoms with van der Waals surface area (Å²) in [6, 6.07) is 9.82. The molecule has 0 aliphatic carbocycles. The lowest BCUT2D eigenvalue weighted by Crippen LogP contribution is -2.36. The molecule has 0 radical (unpaired) electrons. The summed E-state index contributed by atoms with van der Waals surface area (Å²) in [6.45, 7) is -0.00648. The number of nitrogens with zero attached hydrogens (tertiary/aromatic N) is 1. The van der Waals surface area contributed by atoms with Crippen molar-refractivity contribution in [2.24, 2.45) is 10.7 Å². The number of hydrogen-bond donors (Lipinski definition) is 3. The molecule has 8 nitrogen and oxygen atoms in total. The predicted molar refractivity (Wildman–Crippen MR) is 106 cm³/mol. The minimum atomic E-state index is -2.97. The van der Waals surface area contributed by atoms with Gasteiger partial charge in [0.25, 0.3) is 0 Å². The zero-order valence-electron chi connectivity index (χ0n) is 16.3. The van der Waals surface area contributed by atoms with Crippen LogP contribution in [0, 0.1) is 0 Å². The fraction of sp³-hybridized carbons (Fsp3) is 0.300. The first-order valence-electron chi connectivity index (χ1n) is 9.24. The van der Waals surface area contributed by atoms with Gasteiger partial charge in [-0.1, -0.05) is 12.1 Å². The molecule has 0 bridgehead atoms. The fourth-order valence-corrected chi connectivity index (χ4v) is 2.82. The maximum absolute atomic E-state index is 12.8. The second-order valence-corrected chi connectivity index (χ2v) is 6.31. The molecule has 4 N–H and O–H groups in total. The van der Waals surface area contributed by atoms with Crippen LogP contribution in [0.3, 0.4) is 0 Å². The molecule has 30 heavy (non-hydrogen) atoms. The summed E-state index contributed by atoms with van der Waals surface area (Å²) in [5.41, 5.74) is 6.96. The Bertz CT molecular complexity index is 937. The van der Waals surface area contributed by atoms with Crippen LogP contribution in [0.25, 0.3) is 0 Å². The third-order valence-corrected chi connectivity index (χ3v) is 4.19. The minimum absolute atomic E-state index is 0.00763. The van der Waals surface area contributed by atoms with Crippen LogP contribution in [0.15, 0.2) is 41.4 Å². The third kappa shape index (κ3) is 5.49. The second kappa shape index (κ2) is 9.77. The molecule has 2 aromatic carbocycles. The number of fused-ring (bicyclic) bond motifs is 1. The van der Waals surface area contributed by atoms with Crippen molar-refractivity contribution in [2.45, 2.75) is 26.6 Å². The lowest BCUT2D eigenvalue weighted by atomic mass is 10.1. The van der Waals surface area contributed by atoms with E-state index in [-0.39, 0.29) is 25.6 Å². The average molecular weight is 420 g/mol. The number of primary amides is 1. The van der Waals surface area contributed by atoms with E-state index in [2.05, 4.69) is 20.4 Å². The van der Waals surface area contributed by atoms with Gasteiger partial charge in [-0.05, 0) is 30.7 Å². The lowest BCUT2D eigenvalue weighted by Gasteiger charge is -2.15. The highest BCUT2D eigenvalue weighted by Gasteiger charge is 2.20. The first-order chi connectivity index (χ1) is 14.5. The molecule has 0 fully saturated rings. The Labute approximate surface area is 172 Å². The van der Waals surface area contributed by atoms with E-state index in [4.69, 9.17) is 15.2 Å². The van der Waals surface area contributed by atoms with Gasteiger partial charge in [0, 0.05) is 30.3 Å². The SMILES string of the molecule is CCNC(=NCc1cccc(C(N)=O)c1)NCc1cc2c(cc1OC(F)F)OCO2. The van der Waals surface area contributed by atoms with Crippen molar-refractivity contribution in [3.05, 3.63) is 53.1 Å². The summed E-state index contributed by atoms with van der Waals surface area (Å²) >= 11 is 0. The smallest absolute Gasteiger partial charge is 0.387 e. The van der Waals surface area contributed by atoms with Gasteiger partial charge in [0.05, 0.1) is 6.54 Å². The number of carbonyl (C=O) groups is 1. The van der Waals surface area contributed by atoms with E-state index in [1.807, 2.05) is 13.0 Å². The van der Waals surface area contributed by atoms with Gasteiger partial charge >= 0.3 is 6.61 Å². The van der Waals surface area contributed by atoms with Crippen LogP contribution < -0.4 is 30.6 Å². The van der Waals surface area contributed by atoms with Crippen molar-refractivity contribution < 1.29 is 27.8 Å². The molecule has 0 spiro atoms. The number of ether oxygens (including phenoxy) is 3. The summed E-state index contributed by atoms with van der Waals surface area (Å²) in [5.74, 6) is 0.748. The molecular formula is C20H22F2N4O4. The number of halogens is 2. The van der Waals surface area contributed by atoms with E-state index in [0.717, 1.165) is 5.56 Å². The zero-order valence-corrected chi connectivity index (χ0v) is 16.3. The Morgan fingerprint density at radius 3 is 2.70 bits per heavy atom. The number of rotatable bonds is 8. The monoisotopic (exact) mass is 420 g/mol. The molecule has 2 aromatic rings. The number of guanidine groups is 1. The average Bonchev–Trinajstić information content (AvgIpc) is 3.17. The molecule has 0 unspecified atom stereocenters. The quantitative estimate of drug-likeness (QED) is 0.447. The van der Waals surface area contributed by atoms with Gasteiger partial charge in [0.1, 0.15) is 5.75 Å². The molecule has 1 amide bonds. The van der Waals surface area contributed by atoms with E-state index in [9.17, 15) is 13.6 Å². The maximum Gasteiger partial charge on any atom is 0.387 e. The van der Waals surface area contributed by atoms with Crippen LogP contribution in [0.4, 0.5) is 8.78 Å². The number of nitrogens with two attached hydrogens (primary N) is 1.